The molecule has 0 aliphatic carbocycles. The molecule has 0 aliphatic heterocycles. The van der Waals surface area contributed by atoms with Gasteiger partial charge in [0.05, 0.1) is 0 Å². The first-order valence-corrected chi connectivity index (χ1v) is 2.95. The van der Waals surface area contributed by atoms with Crippen molar-refractivity contribution in [2.75, 3.05) is 0 Å². The summed E-state index contributed by atoms with van der Waals surface area (Å²) in [7, 11) is 1.84. The van der Waals surface area contributed by atoms with Crippen LogP contribution in [-0.4, -0.2) is 5.91 Å². The Morgan fingerprint density at radius 3 is 2.64 bits per heavy atom. The van der Waals surface area contributed by atoms with E-state index in [-0.39, 0.29) is 24.0 Å². The molecule has 0 unspecified atom stereocenters. The van der Waals surface area contributed by atoms with Crippen molar-refractivity contribution in [1.82, 2.24) is 0 Å². The van der Waals surface area contributed by atoms with Gasteiger partial charge < -0.3 is 5.73 Å². The van der Waals surface area contributed by atoms with E-state index in [4.69, 9.17) is 5.73 Å². The van der Waals surface area contributed by atoms with E-state index in [0.29, 0.717) is 5.56 Å². The molecule has 1 heterocycles. The van der Waals surface area contributed by atoms with Gasteiger partial charge in [-0.2, -0.15) is 0 Å². The van der Waals surface area contributed by atoms with Gasteiger partial charge in [-0.05, 0) is 6.07 Å². The Bertz CT molecular complexity index is 262. The molecule has 0 bridgehead atoms. The van der Waals surface area contributed by atoms with Gasteiger partial charge in [-0.3, -0.25) is 4.79 Å². The van der Waals surface area contributed by atoms with Gasteiger partial charge in [0.25, 0.3) is 5.91 Å². The van der Waals surface area contributed by atoms with Crippen LogP contribution in [0, 0.1) is 0 Å². The standard InChI is InChI=1S/C7H8N2O.HI/c1-9-4-2-3-6(5-9)7(8)10;/h2-5H,1H3,(H-,8,10);1H/p+1. The highest BCUT2D eigenvalue weighted by Gasteiger charge is 2.02. The number of carbonyl (C=O) groups is 1. The third kappa shape index (κ3) is 2.83. The Kier molecular flexibility index (Phi) is 4.02. The number of hydrogen-bond donors (Lipinski definition) is 1. The van der Waals surface area contributed by atoms with E-state index in [2.05, 4.69) is 0 Å². The third-order valence-electron chi connectivity index (χ3n) is 1.22. The van der Waals surface area contributed by atoms with Crippen LogP contribution in [-0.2, 0) is 7.05 Å². The van der Waals surface area contributed by atoms with Gasteiger partial charge >= 0.3 is 0 Å². The summed E-state index contributed by atoms with van der Waals surface area (Å²) < 4.78 is 1.78. The molecule has 0 spiro atoms. The molecular weight excluding hydrogens is 255 g/mol. The normalized spacial score (nSPS) is 8.45. The van der Waals surface area contributed by atoms with Crippen molar-refractivity contribution in [2.24, 2.45) is 12.8 Å². The lowest BCUT2D eigenvalue weighted by atomic mass is 10.3. The number of halogens is 1. The maximum absolute atomic E-state index is 10.6. The maximum Gasteiger partial charge on any atom is 0.254 e. The molecule has 0 aliphatic rings. The fraction of sp³-hybridized carbons (Fsp3) is 0.143. The first-order valence-electron chi connectivity index (χ1n) is 2.95. The van der Waals surface area contributed by atoms with Crippen molar-refractivity contribution in [3.05, 3.63) is 30.1 Å². The lowest BCUT2D eigenvalue weighted by Crippen LogP contribution is -2.28. The Morgan fingerprint density at radius 1 is 1.64 bits per heavy atom. The predicted molar refractivity (Wildman–Crippen MR) is 51.6 cm³/mol. The van der Waals surface area contributed by atoms with Gasteiger partial charge in [0, 0.05) is 6.07 Å². The molecule has 1 rings (SSSR count). The van der Waals surface area contributed by atoms with Gasteiger partial charge in [0.15, 0.2) is 12.4 Å². The maximum atomic E-state index is 10.6. The van der Waals surface area contributed by atoms with Gasteiger partial charge in [0.2, 0.25) is 0 Å². The zero-order valence-electron chi connectivity index (χ0n) is 6.15. The van der Waals surface area contributed by atoms with Crippen molar-refractivity contribution in [2.45, 2.75) is 0 Å². The summed E-state index contributed by atoms with van der Waals surface area (Å²) in [5.74, 6) is -0.392. The number of aromatic nitrogens is 1. The first-order chi connectivity index (χ1) is 4.70. The quantitative estimate of drug-likeness (QED) is 0.573. The van der Waals surface area contributed by atoms with Crippen LogP contribution in [0.3, 0.4) is 0 Å². The lowest BCUT2D eigenvalue weighted by Gasteiger charge is -1.89. The highest BCUT2D eigenvalue weighted by atomic mass is 127. The van der Waals surface area contributed by atoms with Crippen LogP contribution in [0.2, 0.25) is 0 Å². The highest BCUT2D eigenvalue weighted by molar-refractivity contribution is 14.0. The fourth-order valence-corrected chi connectivity index (χ4v) is 0.734. The van der Waals surface area contributed by atoms with Gasteiger partial charge in [-0.1, -0.05) is 0 Å². The Balaban J connectivity index is 0.000001000. The van der Waals surface area contributed by atoms with Crippen molar-refractivity contribution in [3.63, 3.8) is 0 Å². The molecule has 1 aromatic heterocycles. The van der Waals surface area contributed by atoms with Crippen molar-refractivity contribution in [1.29, 1.82) is 0 Å². The minimum absolute atomic E-state index is 0. The lowest BCUT2D eigenvalue weighted by molar-refractivity contribution is -0.671. The number of carbonyl (C=O) groups excluding carboxylic acids is 1. The Labute approximate surface area is 82.2 Å². The molecule has 0 fully saturated rings. The van der Waals surface area contributed by atoms with Gasteiger partial charge in [-0.25, -0.2) is 4.57 Å². The number of nitrogens with zero attached hydrogens (tertiary/aromatic N) is 1. The summed E-state index contributed by atoms with van der Waals surface area (Å²) >= 11 is 0. The van der Waals surface area contributed by atoms with Gasteiger partial charge in [-0.15, -0.1) is 24.0 Å². The second-order valence-electron chi connectivity index (χ2n) is 2.12. The van der Waals surface area contributed by atoms with E-state index >= 15 is 0 Å². The summed E-state index contributed by atoms with van der Waals surface area (Å²) in [6.07, 6.45) is 3.52. The summed E-state index contributed by atoms with van der Waals surface area (Å²) in [5.41, 5.74) is 5.56. The number of primary amides is 1. The van der Waals surface area contributed by atoms with E-state index in [0.717, 1.165) is 0 Å². The van der Waals surface area contributed by atoms with Crippen molar-refractivity contribution in [3.8, 4) is 0 Å². The largest absolute Gasteiger partial charge is 0.365 e. The monoisotopic (exact) mass is 265 g/mol. The Morgan fingerprint density at radius 2 is 2.27 bits per heavy atom. The smallest absolute Gasteiger partial charge is 0.254 e. The zero-order chi connectivity index (χ0) is 7.56. The van der Waals surface area contributed by atoms with E-state index in [1.807, 2.05) is 13.2 Å². The molecule has 1 aromatic rings. The molecule has 0 radical (unpaired) electrons. The summed E-state index contributed by atoms with van der Waals surface area (Å²) in [6.45, 7) is 0. The summed E-state index contributed by atoms with van der Waals surface area (Å²) in [4.78, 5) is 10.6. The minimum Gasteiger partial charge on any atom is -0.365 e. The molecule has 0 saturated carbocycles. The Hall–Kier alpha value is -0.650. The molecule has 11 heavy (non-hydrogen) atoms. The van der Waals surface area contributed by atoms with Crippen molar-refractivity contribution < 1.29 is 9.36 Å². The van der Waals surface area contributed by atoms with Crippen LogP contribution in [0.25, 0.3) is 0 Å². The van der Waals surface area contributed by atoms with Crippen LogP contribution in [0.5, 0.6) is 0 Å². The molecular formula is C7H10IN2O+. The van der Waals surface area contributed by atoms with Crippen LogP contribution < -0.4 is 10.3 Å². The fourth-order valence-electron chi connectivity index (χ4n) is 0.734. The molecule has 2 N–H and O–H groups in total. The van der Waals surface area contributed by atoms with Crippen LogP contribution in [0.15, 0.2) is 24.5 Å². The second-order valence-corrected chi connectivity index (χ2v) is 2.12. The summed E-state index contributed by atoms with van der Waals surface area (Å²) in [6, 6.07) is 3.46. The number of pyridine rings is 1. The highest BCUT2D eigenvalue weighted by Crippen LogP contribution is 1.89. The average Bonchev–Trinajstić information content (AvgIpc) is 1.88. The van der Waals surface area contributed by atoms with E-state index in [1.54, 1.807) is 22.9 Å². The van der Waals surface area contributed by atoms with E-state index < -0.39 is 5.91 Å². The molecule has 60 valence electrons. The SMILES string of the molecule is C[n+]1cccc(C(N)=O)c1.I. The number of amides is 1. The minimum atomic E-state index is -0.392. The average molecular weight is 265 g/mol. The van der Waals surface area contributed by atoms with E-state index in [9.17, 15) is 4.79 Å². The zero-order valence-corrected chi connectivity index (χ0v) is 8.48. The second kappa shape index (κ2) is 4.27. The van der Waals surface area contributed by atoms with Crippen LogP contribution in [0.1, 0.15) is 10.4 Å². The van der Waals surface area contributed by atoms with Crippen LogP contribution in [0.4, 0.5) is 0 Å². The number of hydrogen-bond acceptors (Lipinski definition) is 1. The van der Waals surface area contributed by atoms with Gasteiger partial charge in [0.1, 0.15) is 12.6 Å². The number of rotatable bonds is 1. The van der Waals surface area contributed by atoms with Crippen molar-refractivity contribution >= 4 is 29.9 Å². The predicted octanol–water partition coefficient (Wildman–Crippen LogP) is 0.228. The number of aryl methyl sites for hydroxylation is 1. The molecule has 0 aromatic carbocycles. The van der Waals surface area contributed by atoms with Crippen LogP contribution >= 0.6 is 24.0 Å². The molecule has 4 heteroatoms. The van der Waals surface area contributed by atoms with E-state index in [1.165, 1.54) is 0 Å². The molecule has 1 amide bonds. The topological polar surface area (TPSA) is 47.0 Å². The molecule has 0 atom stereocenters. The first kappa shape index (κ1) is 10.3. The molecule has 3 nitrogen and oxygen atoms in total. The summed E-state index contributed by atoms with van der Waals surface area (Å²) in [5, 5.41) is 0. The number of nitrogens with two attached hydrogens (primary N) is 1. The third-order valence-corrected chi connectivity index (χ3v) is 1.22. The molecule has 0 saturated heterocycles.